The van der Waals surface area contributed by atoms with Crippen LogP contribution in [0.3, 0.4) is 0 Å². The SMILES string of the molecule is CCCCC[C@H]1CC[C@H](C2CC=C(CCc3ccc(OCCC)cc3)CC2)CC1. The quantitative estimate of drug-likeness (QED) is 0.269. The van der Waals surface area contributed by atoms with Crippen molar-refractivity contribution in [1.82, 2.24) is 0 Å². The average molecular weight is 397 g/mol. The van der Waals surface area contributed by atoms with E-state index in [1.807, 2.05) is 0 Å². The molecule has 0 aliphatic heterocycles. The second kappa shape index (κ2) is 12.5. The topological polar surface area (TPSA) is 9.23 Å². The van der Waals surface area contributed by atoms with E-state index < -0.39 is 0 Å². The van der Waals surface area contributed by atoms with Gasteiger partial charge in [-0.3, -0.25) is 0 Å². The molecule has 2 aliphatic carbocycles. The van der Waals surface area contributed by atoms with Gasteiger partial charge >= 0.3 is 0 Å². The molecule has 1 saturated carbocycles. The summed E-state index contributed by atoms with van der Waals surface area (Å²) in [7, 11) is 0. The van der Waals surface area contributed by atoms with Crippen molar-refractivity contribution < 1.29 is 4.74 Å². The Kier molecular flexibility index (Phi) is 9.64. The number of hydrogen-bond donors (Lipinski definition) is 0. The Morgan fingerprint density at radius 3 is 2.28 bits per heavy atom. The molecule has 1 nitrogen and oxygen atoms in total. The van der Waals surface area contributed by atoms with Gasteiger partial charge < -0.3 is 4.74 Å². The molecule has 0 radical (unpaired) electrons. The smallest absolute Gasteiger partial charge is 0.119 e. The minimum Gasteiger partial charge on any atom is -0.494 e. The summed E-state index contributed by atoms with van der Waals surface area (Å²) in [6.45, 7) is 5.28. The zero-order valence-corrected chi connectivity index (χ0v) is 19.1. The van der Waals surface area contributed by atoms with Crippen LogP contribution in [-0.2, 0) is 6.42 Å². The first-order valence-corrected chi connectivity index (χ1v) is 12.7. The molecule has 29 heavy (non-hydrogen) atoms. The molecule has 0 amide bonds. The van der Waals surface area contributed by atoms with E-state index in [2.05, 4.69) is 44.2 Å². The standard InChI is InChI=1S/C28H44O/c1-3-5-6-7-23-10-16-26(17-11-23)27-18-12-24(13-19-27)8-9-25-14-20-28(21-15-25)29-22-4-2/h12,14-15,20-21,23,26-27H,3-11,13,16-19,22H2,1-2H3/t23-,26-,27?. The van der Waals surface area contributed by atoms with Crippen LogP contribution in [-0.4, -0.2) is 6.61 Å². The van der Waals surface area contributed by atoms with Crippen molar-refractivity contribution in [3.63, 3.8) is 0 Å². The Labute approximate surface area is 180 Å². The number of hydrogen-bond acceptors (Lipinski definition) is 1. The van der Waals surface area contributed by atoms with Crippen LogP contribution in [0, 0.1) is 17.8 Å². The highest BCUT2D eigenvalue weighted by Gasteiger charge is 2.28. The van der Waals surface area contributed by atoms with Gasteiger partial charge in [-0.25, -0.2) is 0 Å². The minimum atomic E-state index is 0.813. The molecule has 2 aliphatic rings. The van der Waals surface area contributed by atoms with E-state index in [9.17, 15) is 0 Å². The Hall–Kier alpha value is -1.24. The fourth-order valence-electron chi connectivity index (χ4n) is 5.47. The fourth-order valence-corrected chi connectivity index (χ4v) is 5.47. The zero-order chi connectivity index (χ0) is 20.3. The normalized spacial score (nSPS) is 24.9. The van der Waals surface area contributed by atoms with E-state index >= 15 is 0 Å². The maximum Gasteiger partial charge on any atom is 0.119 e. The number of unbranched alkanes of at least 4 members (excludes halogenated alkanes) is 2. The van der Waals surface area contributed by atoms with Crippen LogP contribution >= 0.6 is 0 Å². The molecule has 0 bridgehead atoms. The molecule has 0 saturated heterocycles. The highest BCUT2D eigenvalue weighted by Crippen LogP contribution is 2.41. The average Bonchev–Trinajstić information content (AvgIpc) is 2.78. The summed E-state index contributed by atoms with van der Waals surface area (Å²) < 4.78 is 5.69. The number of ether oxygens (including phenoxy) is 1. The summed E-state index contributed by atoms with van der Waals surface area (Å²) in [5.74, 6) is 4.05. The summed E-state index contributed by atoms with van der Waals surface area (Å²) in [4.78, 5) is 0. The van der Waals surface area contributed by atoms with Crippen LogP contribution < -0.4 is 4.74 Å². The van der Waals surface area contributed by atoms with Crippen LogP contribution in [0.5, 0.6) is 5.75 Å². The predicted molar refractivity (Wildman–Crippen MR) is 126 cm³/mol. The molecule has 1 heteroatoms. The fraction of sp³-hybridized carbons (Fsp3) is 0.714. The Morgan fingerprint density at radius 1 is 0.828 bits per heavy atom. The van der Waals surface area contributed by atoms with E-state index in [4.69, 9.17) is 4.74 Å². The van der Waals surface area contributed by atoms with E-state index in [1.54, 1.807) is 5.57 Å². The monoisotopic (exact) mass is 396 g/mol. The molecular weight excluding hydrogens is 352 g/mol. The van der Waals surface area contributed by atoms with Gasteiger partial charge in [-0.2, -0.15) is 0 Å². The van der Waals surface area contributed by atoms with Gasteiger partial charge in [0, 0.05) is 0 Å². The summed E-state index contributed by atoms with van der Waals surface area (Å²) in [6.07, 6.45) is 22.1. The minimum absolute atomic E-state index is 0.813. The molecule has 1 aromatic carbocycles. The number of aryl methyl sites for hydroxylation is 1. The lowest BCUT2D eigenvalue weighted by Gasteiger charge is -2.35. The summed E-state index contributed by atoms with van der Waals surface area (Å²) in [5.41, 5.74) is 3.15. The summed E-state index contributed by atoms with van der Waals surface area (Å²) >= 11 is 0. The van der Waals surface area contributed by atoms with Gasteiger partial charge in [0.05, 0.1) is 6.61 Å². The third-order valence-electron chi connectivity index (χ3n) is 7.45. The maximum absolute atomic E-state index is 5.69. The van der Waals surface area contributed by atoms with Crippen LogP contribution in [0.15, 0.2) is 35.9 Å². The van der Waals surface area contributed by atoms with Crippen LogP contribution in [0.25, 0.3) is 0 Å². The second-order valence-electron chi connectivity index (χ2n) is 9.67. The first-order chi connectivity index (χ1) is 14.3. The summed E-state index contributed by atoms with van der Waals surface area (Å²) in [5, 5.41) is 0. The Bertz CT molecular complexity index is 591. The van der Waals surface area contributed by atoms with Crippen molar-refractivity contribution in [2.24, 2.45) is 17.8 Å². The number of rotatable bonds is 11. The van der Waals surface area contributed by atoms with Crippen LogP contribution in [0.1, 0.15) is 103 Å². The van der Waals surface area contributed by atoms with Gasteiger partial charge in [-0.05, 0) is 86.8 Å². The Balaban J connectivity index is 1.35. The summed E-state index contributed by atoms with van der Waals surface area (Å²) in [6, 6.07) is 8.76. The third kappa shape index (κ3) is 7.50. The molecule has 3 rings (SSSR count). The van der Waals surface area contributed by atoms with Crippen LogP contribution in [0.4, 0.5) is 0 Å². The third-order valence-corrected chi connectivity index (χ3v) is 7.45. The molecule has 0 spiro atoms. The van der Waals surface area contributed by atoms with Gasteiger partial charge in [-0.1, -0.05) is 76.2 Å². The van der Waals surface area contributed by atoms with E-state index in [1.165, 1.54) is 89.0 Å². The molecule has 0 aromatic heterocycles. The lowest BCUT2D eigenvalue weighted by Crippen LogP contribution is -2.23. The second-order valence-corrected chi connectivity index (χ2v) is 9.67. The zero-order valence-electron chi connectivity index (χ0n) is 19.1. The number of benzene rings is 1. The predicted octanol–water partition coefficient (Wildman–Crippen LogP) is 8.52. The Morgan fingerprint density at radius 2 is 1.62 bits per heavy atom. The molecule has 162 valence electrons. The molecule has 1 fully saturated rings. The van der Waals surface area contributed by atoms with E-state index in [0.29, 0.717) is 0 Å². The molecule has 1 aromatic rings. The van der Waals surface area contributed by atoms with Gasteiger partial charge in [0.25, 0.3) is 0 Å². The largest absolute Gasteiger partial charge is 0.494 e. The lowest BCUT2D eigenvalue weighted by molar-refractivity contribution is 0.185. The maximum atomic E-state index is 5.69. The molecule has 1 atom stereocenters. The van der Waals surface area contributed by atoms with Gasteiger partial charge in [0.15, 0.2) is 0 Å². The van der Waals surface area contributed by atoms with Crippen molar-refractivity contribution in [2.45, 2.75) is 104 Å². The molecule has 0 heterocycles. The van der Waals surface area contributed by atoms with Gasteiger partial charge in [0.1, 0.15) is 5.75 Å². The highest BCUT2D eigenvalue weighted by atomic mass is 16.5. The van der Waals surface area contributed by atoms with Crippen molar-refractivity contribution in [3.8, 4) is 5.75 Å². The van der Waals surface area contributed by atoms with Crippen LogP contribution in [0.2, 0.25) is 0 Å². The molecule has 0 N–H and O–H groups in total. The molecular formula is C28H44O. The van der Waals surface area contributed by atoms with Gasteiger partial charge in [0.2, 0.25) is 0 Å². The van der Waals surface area contributed by atoms with Crippen molar-refractivity contribution in [2.75, 3.05) is 6.61 Å². The first kappa shape index (κ1) is 22.4. The van der Waals surface area contributed by atoms with Crippen molar-refractivity contribution in [3.05, 3.63) is 41.5 Å². The highest BCUT2D eigenvalue weighted by molar-refractivity contribution is 5.28. The molecule has 1 unspecified atom stereocenters. The number of allylic oxidation sites excluding steroid dienone is 2. The van der Waals surface area contributed by atoms with Crippen molar-refractivity contribution >= 4 is 0 Å². The van der Waals surface area contributed by atoms with E-state index in [-0.39, 0.29) is 0 Å². The van der Waals surface area contributed by atoms with Gasteiger partial charge in [-0.15, -0.1) is 0 Å². The lowest BCUT2D eigenvalue weighted by atomic mass is 9.70. The van der Waals surface area contributed by atoms with Crippen molar-refractivity contribution in [1.29, 1.82) is 0 Å². The van der Waals surface area contributed by atoms with E-state index in [0.717, 1.165) is 36.5 Å². The first-order valence-electron chi connectivity index (χ1n) is 12.7.